The van der Waals surface area contributed by atoms with E-state index in [9.17, 15) is 9.18 Å². The van der Waals surface area contributed by atoms with Crippen LogP contribution in [0, 0.1) is 5.82 Å². The van der Waals surface area contributed by atoms with E-state index in [-0.39, 0.29) is 11.7 Å². The van der Waals surface area contributed by atoms with Gasteiger partial charge in [0.05, 0.1) is 0 Å². The van der Waals surface area contributed by atoms with E-state index >= 15 is 0 Å². The molecule has 86 valence electrons. The van der Waals surface area contributed by atoms with Crippen LogP contribution in [0.2, 0.25) is 0 Å². The van der Waals surface area contributed by atoms with Gasteiger partial charge >= 0.3 is 0 Å². The van der Waals surface area contributed by atoms with Gasteiger partial charge in [-0.2, -0.15) is 0 Å². The van der Waals surface area contributed by atoms with Crippen molar-refractivity contribution >= 4 is 5.91 Å². The number of likely N-dealkylation sites (tertiary alicyclic amines) is 1. The third-order valence-corrected chi connectivity index (χ3v) is 2.97. The van der Waals surface area contributed by atoms with Gasteiger partial charge in [0.15, 0.2) is 0 Å². The van der Waals surface area contributed by atoms with Crippen LogP contribution < -0.4 is 5.32 Å². The van der Waals surface area contributed by atoms with E-state index in [1.165, 1.54) is 24.3 Å². The van der Waals surface area contributed by atoms with E-state index in [4.69, 9.17) is 0 Å². The highest BCUT2D eigenvalue weighted by atomic mass is 19.1. The van der Waals surface area contributed by atoms with Crippen LogP contribution in [0.15, 0.2) is 24.3 Å². The zero-order valence-corrected chi connectivity index (χ0v) is 9.24. The van der Waals surface area contributed by atoms with E-state index in [0.717, 1.165) is 19.5 Å². The Morgan fingerprint density at radius 3 is 2.69 bits per heavy atom. The molecule has 3 nitrogen and oxygen atoms in total. The number of benzene rings is 1. The van der Waals surface area contributed by atoms with Crippen molar-refractivity contribution in [2.45, 2.75) is 12.5 Å². The van der Waals surface area contributed by atoms with Crippen molar-refractivity contribution in [2.24, 2.45) is 0 Å². The Labute approximate surface area is 94.3 Å². The van der Waals surface area contributed by atoms with E-state index in [1.807, 2.05) is 7.05 Å². The normalized spacial score (nSPS) is 20.1. The minimum absolute atomic E-state index is 0.0160. The highest BCUT2D eigenvalue weighted by Gasteiger charge is 2.25. The summed E-state index contributed by atoms with van der Waals surface area (Å²) in [5.41, 5.74) is 0.554. The number of amides is 1. The number of hydrogen-bond donors (Lipinski definition) is 1. The van der Waals surface area contributed by atoms with Crippen LogP contribution in [0.3, 0.4) is 0 Å². The number of likely N-dealkylation sites (N-methyl/N-ethyl adjacent to an activating group) is 1. The molecule has 0 spiro atoms. The summed E-state index contributed by atoms with van der Waals surface area (Å²) in [7, 11) is 1.90. The average molecular weight is 222 g/mol. The van der Waals surface area contributed by atoms with Gasteiger partial charge in [0.25, 0.3) is 5.91 Å². The Morgan fingerprint density at radius 2 is 2.12 bits per heavy atom. The minimum Gasteiger partial charge on any atom is -0.337 e. The quantitative estimate of drug-likeness (QED) is 0.817. The van der Waals surface area contributed by atoms with Crippen LogP contribution in [-0.4, -0.2) is 37.0 Å². The van der Waals surface area contributed by atoms with Gasteiger partial charge in [-0.3, -0.25) is 4.79 Å². The van der Waals surface area contributed by atoms with Crippen LogP contribution >= 0.6 is 0 Å². The lowest BCUT2D eigenvalue weighted by Gasteiger charge is -2.16. The minimum atomic E-state index is -0.314. The maximum absolute atomic E-state index is 12.7. The number of nitrogens with one attached hydrogen (secondary N) is 1. The van der Waals surface area contributed by atoms with Crippen molar-refractivity contribution in [1.29, 1.82) is 0 Å². The monoisotopic (exact) mass is 222 g/mol. The lowest BCUT2D eigenvalue weighted by atomic mass is 10.2. The first-order chi connectivity index (χ1) is 7.70. The zero-order chi connectivity index (χ0) is 11.5. The van der Waals surface area contributed by atoms with E-state index < -0.39 is 0 Å². The molecule has 2 rings (SSSR count). The molecule has 4 heteroatoms. The first-order valence-corrected chi connectivity index (χ1v) is 5.43. The second-order valence-electron chi connectivity index (χ2n) is 4.03. The molecule has 1 heterocycles. The third-order valence-electron chi connectivity index (χ3n) is 2.97. The topological polar surface area (TPSA) is 32.3 Å². The fraction of sp³-hybridized carbons (Fsp3) is 0.417. The fourth-order valence-electron chi connectivity index (χ4n) is 1.96. The molecule has 1 saturated heterocycles. The average Bonchev–Trinajstić information content (AvgIpc) is 2.77. The standard InChI is InChI=1S/C12H15FN2O/c1-14-11-6-7-15(8-11)12(16)9-2-4-10(13)5-3-9/h2-5,11,14H,6-8H2,1H3/t11-/m0/s1. The maximum Gasteiger partial charge on any atom is 0.253 e. The summed E-state index contributed by atoms with van der Waals surface area (Å²) in [5.74, 6) is -0.330. The van der Waals surface area contributed by atoms with Crippen molar-refractivity contribution < 1.29 is 9.18 Å². The van der Waals surface area contributed by atoms with Gasteiger partial charge in [0.1, 0.15) is 5.82 Å². The number of halogens is 1. The molecule has 16 heavy (non-hydrogen) atoms. The molecule has 1 aromatic rings. The Balaban J connectivity index is 2.05. The molecule has 1 N–H and O–H groups in total. The predicted molar refractivity (Wildman–Crippen MR) is 59.8 cm³/mol. The smallest absolute Gasteiger partial charge is 0.253 e. The highest BCUT2D eigenvalue weighted by molar-refractivity contribution is 5.94. The number of rotatable bonds is 2. The summed E-state index contributed by atoms with van der Waals surface area (Å²) < 4.78 is 12.7. The van der Waals surface area contributed by atoms with Crippen LogP contribution in [0.25, 0.3) is 0 Å². The Kier molecular flexibility index (Phi) is 3.19. The van der Waals surface area contributed by atoms with Gasteiger partial charge in [0, 0.05) is 24.7 Å². The highest BCUT2D eigenvalue weighted by Crippen LogP contribution is 2.13. The van der Waals surface area contributed by atoms with Gasteiger partial charge in [-0.05, 0) is 37.7 Å². The van der Waals surface area contributed by atoms with Crippen LogP contribution in [0.5, 0.6) is 0 Å². The number of carbonyl (C=O) groups excluding carboxylic acids is 1. The van der Waals surface area contributed by atoms with E-state index in [1.54, 1.807) is 4.90 Å². The molecule has 1 amide bonds. The van der Waals surface area contributed by atoms with E-state index in [0.29, 0.717) is 11.6 Å². The Hall–Kier alpha value is -1.42. The van der Waals surface area contributed by atoms with Crippen molar-refractivity contribution in [3.63, 3.8) is 0 Å². The predicted octanol–water partition coefficient (Wildman–Crippen LogP) is 1.26. The van der Waals surface area contributed by atoms with E-state index in [2.05, 4.69) is 5.32 Å². The van der Waals surface area contributed by atoms with Crippen molar-refractivity contribution in [3.05, 3.63) is 35.6 Å². The van der Waals surface area contributed by atoms with Crippen molar-refractivity contribution in [2.75, 3.05) is 20.1 Å². The summed E-state index contributed by atoms with van der Waals surface area (Å²) in [5, 5.41) is 3.16. The molecule has 1 fully saturated rings. The fourth-order valence-corrected chi connectivity index (χ4v) is 1.96. The van der Waals surface area contributed by atoms with Crippen LogP contribution in [0.1, 0.15) is 16.8 Å². The zero-order valence-electron chi connectivity index (χ0n) is 9.24. The summed E-state index contributed by atoms with van der Waals surface area (Å²) in [6.07, 6.45) is 0.976. The van der Waals surface area contributed by atoms with Gasteiger partial charge < -0.3 is 10.2 Å². The Bertz CT molecular complexity index is 377. The molecule has 1 atom stereocenters. The second-order valence-corrected chi connectivity index (χ2v) is 4.03. The molecule has 1 aliphatic heterocycles. The van der Waals surface area contributed by atoms with Gasteiger partial charge in [0.2, 0.25) is 0 Å². The molecule has 0 unspecified atom stereocenters. The van der Waals surface area contributed by atoms with Gasteiger partial charge in [-0.25, -0.2) is 4.39 Å². The number of nitrogens with zero attached hydrogens (tertiary/aromatic N) is 1. The van der Waals surface area contributed by atoms with Crippen LogP contribution in [-0.2, 0) is 0 Å². The maximum atomic E-state index is 12.7. The molecule has 1 aromatic carbocycles. The molecule has 0 radical (unpaired) electrons. The summed E-state index contributed by atoms with van der Waals surface area (Å²) in [6.45, 7) is 1.49. The van der Waals surface area contributed by atoms with Crippen molar-refractivity contribution in [3.8, 4) is 0 Å². The first kappa shape index (κ1) is 11.1. The van der Waals surface area contributed by atoms with Crippen molar-refractivity contribution in [1.82, 2.24) is 10.2 Å². The lowest BCUT2D eigenvalue weighted by Crippen LogP contribution is -2.33. The first-order valence-electron chi connectivity index (χ1n) is 5.43. The molecule has 1 aliphatic rings. The summed E-state index contributed by atoms with van der Waals surface area (Å²) >= 11 is 0. The third kappa shape index (κ3) is 2.22. The Morgan fingerprint density at radius 1 is 1.44 bits per heavy atom. The number of hydrogen-bond acceptors (Lipinski definition) is 2. The molecular weight excluding hydrogens is 207 g/mol. The SMILES string of the molecule is CN[C@H]1CCN(C(=O)c2ccc(F)cc2)C1. The number of carbonyl (C=O) groups is 1. The molecule has 0 saturated carbocycles. The molecule has 0 aliphatic carbocycles. The summed E-state index contributed by atoms with van der Waals surface area (Å²) in [4.78, 5) is 13.8. The van der Waals surface area contributed by atoms with Crippen LogP contribution in [0.4, 0.5) is 4.39 Å². The molecule has 0 aromatic heterocycles. The molecule has 0 bridgehead atoms. The van der Waals surface area contributed by atoms with Gasteiger partial charge in [-0.15, -0.1) is 0 Å². The van der Waals surface area contributed by atoms with Gasteiger partial charge in [-0.1, -0.05) is 0 Å². The summed E-state index contributed by atoms with van der Waals surface area (Å²) in [6, 6.07) is 6.08. The lowest BCUT2D eigenvalue weighted by molar-refractivity contribution is 0.0789. The second kappa shape index (κ2) is 4.61. The molecular formula is C12H15FN2O. The largest absolute Gasteiger partial charge is 0.337 e.